The fraction of sp³-hybridized carbons (Fsp3) is 0.333. The van der Waals surface area contributed by atoms with E-state index in [9.17, 15) is 4.79 Å². The van der Waals surface area contributed by atoms with E-state index in [0.29, 0.717) is 11.3 Å². The fourth-order valence-corrected chi connectivity index (χ4v) is 1.99. The Morgan fingerprint density at radius 2 is 2.15 bits per heavy atom. The first kappa shape index (κ1) is 14.1. The molecule has 0 aliphatic heterocycles. The molecule has 20 heavy (non-hydrogen) atoms. The molecule has 0 bridgehead atoms. The van der Waals surface area contributed by atoms with E-state index < -0.39 is 0 Å². The lowest BCUT2D eigenvalue weighted by molar-refractivity contribution is 0.102. The van der Waals surface area contributed by atoms with Crippen LogP contribution in [0, 0.1) is 6.92 Å². The maximum Gasteiger partial charge on any atom is 0.257 e. The highest BCUT2D eigenvalue weighted by molar-refractivity contribution is 6.08. The van der Waals surface area contributed by atoms with Crippen molar-refractivity contribution in [1.82, 2.24) is 9.78 Å². The molecule has 0 saturated heterocycles. The zero-order chi connectivity index (χ0) is 14.5. The Kier molecular flexibility index (Phi) is 4.40. The van der Waals surface area contributed by atoms with Crippen LogP contribution in [0.15, 0.2) is 30.6 Å². The molecular weight excluding hydrogens is 252 g/mol. The fourth-order valence-electron chi connectivity index (χ4n) is 1.99. The van der Waals surface area contributed by atoms with Crippen LogP contribution < -0.4 is 10.6 Å². The van der Waals surface area contributed by atoms with E-state index in [2.05, 4.69) is 15.7 Å². The zero-order valence-electron chi connectivity index (χ0n) is 12.1. The number of nitrogens with one attached hydrogen (secondary N) is 2. The van der Waals surface area contributed by atoms with Crippen LogP contribution >= 0.6 is 0 Å². The number of aromatic nitrogens is 2. The van der Waals surface area contributed by atoms with Gasteiger partial charge in [0.25, 0.3) is 5.91 Å². The summed E-state index contributed by atoms with van der Waals surface area (Å²) in [5.41, 5.74) is 3.26. The third kappa shape index (κ3) is 3.17. The largest absolute Gasteiger partial charge is 0.385 e. The summed E-state index contributed by atoms with van der Waals surface area (Å²) in [7, 11) is 0. The Bertz CT molecular complexity index is 604. The predicted octanol–water partition coefficient (Wildman–Crippen LogP) is 2.90. The third-order valence-corrected chi connectivity index (χ3v) is 3.00. The van der Waals surface area contributed by atoms with Gasteiger partial charge in [0, 0.05) is 25.0 Å². The maximum absolute atomic E-state index is 12.4. The minimum Gasteiger partial charge on any atom is -0.385 e. The van der Waals surface area contributed by atoms with E-state index in [1.807, 2.05) is 45.2 Å². The Morgan fingerprint density at radius 3 is 2.80 bits per heavy atom. The van der Waals surface area contributed by atoms with Crippen molar-refractivity contribution in [2.24, 2.45) is 0 Å². The van der Waals surface area contributed by atoms with Gasteiger partial charge in [-0.05, 0) is 32.9 Å². The molecule has 2 rings (SSSR count). The Labute approximate surface area is 119 Å². The van der Waals surface area contributed by atoms with Crippen molar-refractivity contribution in [3.05, 3.63) is 41.7 Å². The molecule has 0 saturated carbocycles. The summed E-state index contributed by atoms with van der Waals surface area (Å²) >= 11 is 0. The molecule has 0 fully saturated rings. The normalized spacial score (nSPS) is 10.3. The van der Waals surface area contributed by atoms with Gasteiger partial charge >= 0.3 is 0 Å². The summed E-state index contributed by atoms with van der Waals surface area (Å²) in [6.45, 7) is 7.54. The number of rotatable bonds is 5. The quantitative estimate of drug-likeness (QED) is 0.880. The van der Waals surface area contributed by atoms with Crippen LogP contribution in [0.5, 0.6) is 0 Å². The molecule has 106 valence electrons. The van der Waals surface area contributed by atoms with E-state index in [-0.39, 0.29) is 5.91 Å². The average molecular weight is 272 g/mol. The number of anilines is 2. The molecule has 0 aliphatic rings. The second-order valence-corrected chi connectivity index (χ2v) is 4.62. The maximum atomic E-state index is 12.4. The van der Waals surface area contributed by atoms with Gasteiger partial charge in [0.1, 0.15) is 0 Å². The van der Waals surface area contributed by atoms with Crippen molar-refractivity contribution < 1.29 is 4.79 Å². The first-order chi connectivity index (χ1) is 9.63. The molecule has 1 heterocycles. The van der Waals surface area contributed by atoms with Crippen molar-refractivity contribution in [3.8, 4) is 0 Å². The van der Waals surface area contributed by atoms with Crippen LogP contribution in [-0.2, 0) is 6.54 Å². The van der Waals surface area contributed by atoms with Gasteiger partial charge in [-0.2, -0.15) is 5.10 Å². The number of benzene rings is 1. The number of amides is 1. The molecule has 2 N–H and O–H groups in total. The number of nitrogens with zero attached hydrogens (tertiary/aromatic N) is 2. The second-order valence-electron chi connectivity index (χ2n) is 4.62. The molecular formula is C15H20N4O. The predicted molar refractivity (Wildman–Crippen MR) is 81.2 cm³/mol. The van der Waals surface area contributed by atoms with Crippen LogP contribution in [0.25, 0.3) is 0 Å². The summed E-state index contributed by atoms with van der Waals surface area (Å²) in [6, 6.07) is 5.81. The summed E-state index contributed by atoms with van der Waals surface area (Å²) in [4.78, 5) is 12.4. The molecule has 5 heteroatoms. The number of aryl methyl sites for hydroxylation is 2. The van der Waals surface area contributed by atoms with Gasteiger partial charge in [-0.3, -0.25) is 9.48 Å². The lowest BCUT2D eigenvalue weighted by Gasteiger charge is -2.11. The molecule has 0 unspecified atom stereocenters. The number of hydrogen-bond donors (Lipinski definition) is 2. The highest BCUT2D eigenvalue weighted by Gasteiger charge is 2.12. The van der Waals surface area contributed by atoms with Crippen molar-refractivity contribution in [3.63, 3.8) is 0 Å². The van der Waals surface area contributed by atoms with Gasteiger partial charge in [0.2, 0.25) is 0 Å². The van der Waals surface area contributed by atoms with Crippen molar-refractivity contribution >= 4 is 17.3 Å². The van der Waals surface area contributed by atoms with Gasteiger partial charge in [0.15, 0.2) is 0 Å². The molecule has 1 aromatic heterocycles. The minimum absolute atomic E-state index is 0.125. The van der Waals surface area contributed by atoms with Gasteiger partial charge in [-0.15, -0.1) is 0 Å². The molecule has 1 amide bonds. The lowest BCUT2D eigenvalue weighted by atomic mass is 10.1. The van der Waals surface area contributed by atoms with Crippen molar-refractivity contribution in [2.75, 3.05) is 17.2 Å². The van der Waals surface area contributed by atoms with Crippen LogP contribution in [0.4, 0.5) is 11.4 Å². The summed E-state index contributed by atoms with van der Waals surface area (Å²) in [5, 5.41) is 10.2. The minimum atomic E-state index is -0.125. The van der Waals surface area contributed by atoms with Crippen LogP contribution in [0.2, 0.25) is 0 Å². The Balaban J connectivity index is 2.21. The smallest absolute Gasteiger partial charge is 0.257 e. The van der Waals surface area contributed by atoms with Gasteiger partial charge in [-0.25, -0.2) is 0 Å². The lowest BCUT2D eigenvalue weighted by Crippen LogP contribution is -2.14. The Hall–Kier alpha value is -2.30. The first-order valence-corrected chi connectivity index (χ1v) is 6.82. The topological polar surface area (TPSA) is 59.0 Å². The molecule has 0 atom stereocenters. The molecule has 5 nitrogen and oxygen atoms in total. The van der Waals surface area contributed by atoms with Crippen LogP contribution in [0.1, 0.15) is 29.8 Å². The number of carbonyl (C=O) groups is 1. The SMILES string of the molecule is CCNc1ccc(C)cc1C(=O)Nc1cnn(CC)c1. The number of hydrogen-bond acceptors (Lipinski definition) is 3. The summed E-state index contributed by atoms with van der Waals surface area (Å²) < 4.78 is 1.77. The summed E-state index contributed by atoms with van der Waals surface area (Å²) in [6.07, 6.45) is 3.48. The first-order valence-electron chi connectivity index (χ1n) is 6.82. The van der Waals surface area contributed by atoms with E-state index in [1.165, 1.54) is 0 Å². The van der Waals surface area contributed by atoms with Gasteiger partial charge < -0.3 is 10.6 Å². The van der Waals surface area contributed by atoms with Gasteiger partial charge in [-0.1, -0.05) is 11.6 Å². The van der Waals surface area contributed by atoms with Crippen molar-refractivity contribution in [2.45, 2.75) is 27.3 Å². The summed E-state index contributed by atoms with van der Waals surface area (Å²) in [5.74, 6) is -0.125. The Morgan fingerprint density at radius 1 is 1.35 bits per heavy atom. The zero-order valence-corrected chi connectivity index (χ0v) is 12.1. The molecule has 2 aromatic rings. The molecule has 0 spiro atoms. The van der Waals surface area contributed by atoms with E-state index in [0.717, 1.165) is 24.3 Å². The standard InChI is InChI=1S/C15H20N4O/c1-4-16-14-7-6-11(3)8-13(14)15(20)18-12-9-17-19(5-2)10-12/h6-10,16H,4-5H2,1-3H3,(H,18,20). The average Bonchev–Trinajstić information content (AvgIpc) is 2.88. The van der Waals surface area contributed by atoms with E-state index >= 15 is 0 Å². The highest BCUT2D eigenvalue weighted by Crippen LogP contribution is 2.19. The van der Waals surface area contributed by atoms with Crippen LogP contribution in [0.3, 0.4) is 0 Å². The third-order valence-electron chi connectivity index (χ3n) is 3.00. The molecule has 1 aromatic carbocycles. The molecule has 0 aliphatic carbocycles. The van der Waals surface area contributed by atoms with E-state index in [1.54, 1.807) is 10.9 Å². The second kappa shape index (κ2) is 6.23. The highest BCUT2D eigenvalue weighted by atomic mass is 16.1. The van der Waals surface area contributed by atoms with Crippen molar-refractivity contribution in [1.29, 1.82) is 0 Å². The monoisotopic (exact) mass is 272 g/mol. The van der Waals surface area contributed by atoms with Gasteiger partial charge in [0.05, 0.1) is 17.4 Å². The van der Waals surface area contributed by atoms with Crippen LogP contribution in [-0.4, -0.2) is 22.2 Å². The number of carbonyl (C=O) groups excluding carboxylic acids is 1. The molecule has 0 radical (unpaired) electrons. The van der Waals surface area contributed by atoms with E-state index in [4.69, 9.17) is 0 Å².